The van der Waals surface area contributed by atoms with Crippen molar-refractivity contribution in [3.63, 3.8) is 0 Å². The average molecular weight is 212 g/mol. The van der Waals surface area contributed by atoms with E-state index in [0.717, 1.165) is 0 Å². The fourth-order valence-electron chi connectivity index (χ4n) is 0.142. The molecule has 0 amide bonds. The highest BCUT2D eigenvalue weighted by atomic mass is 35.5. The van der Waals surface area contributed by atoms with Crippen molar-refractivity contribution in [1.29, 1.82) is 0 Å². The molecule has 0 spiro atoms. The Morgan fingerprint density at radius 2 is 1.70 bits per heavy atom. The van der Waals surface area contributed by atoms with Crippen molar-refractivity contribution in [2.75, 3.05) is 0 Å². The van der Waals surface area contributed by atoms with Crippen LogP contribution in [0.5, 0.6) is 0 Å². The van der Waals surface area contributed by atoms with Crippen LogP contribution in [0, 0.1) is 0 Å². The predicted molar refractivity (Wildman–Crippen MR) is 30.5 cm³/mol. The summed E-state index contributed by atoms with van der Waals surface area (Å²) in [5.74, 6) is 0. The summed E-state index contributed by atoms with van der Waals surface area (Å²) in [6.07, 6.45) is 0. The molecule has 0 aliphatic rings. The van der Waals surface area contributed by atoms with Gasteiger partial charge in [-0.25, -0.2) is 0 Å². The van der Waals surface area contributed by atoms with Gasteiger partial charge in [0.15, 0.2) is 0 Å². The quantitative estimate of drug-likeness (QED) is 0.567. The van der Waals surface area contributed by atoms with Crippen molar-refractivity contribution in [2.45, 2.75) is 0 Å². The summed E-state index contributed by atoms with van der Waals surface area (Å²) in [7, 11) is -9.44. The van der Waals surface area contributed by atoms with Crippen LogP contribution in [0.25, 0.3) is 0 Å². The maximum Gasteiger partial charge on any atom is 0.367 e. The molecule has 0 heterocycles. The molecule has 10 heteroatoms. The highest BCUT2D eigenvalue weighted by molar-refractivity contribution is 8.00. The topological polar surface area (TPSA) is 110 Å². The zero-order chi connectivity index (χ0) is 8.41. The van der Waals surface area contributed by atoms with E-state index in [9.17, 15) is 16.8 Å². The fourth-order valence-corrected chi connectivity index (χ4v) is 1.51. The minimum atomic E-state index is -4.84. The molecule has 0 bridgehead atoms. The lowest BCUT2D eigenvalue weighted by atomic mass is 13.9. The molecule has 0 saturated heterocycles. The van der Waals surface area contributed by atoms with Crippen molar-refractivity contribution in [3.8, 4) is 0 Å². The van der Waals surface area contributed by atoms with Crippen LogP contribution in [0.3, 0.4) is 0 Å². The standard InChI is InChI=1S/ClH2NO6S2/c1-8-10(6,7)2-9(3,4)5/h2H,(H,3,4,5). The van der Waals surface area contributed by atoms with Gasteiger partial charge in [-0.1, -0.05) is 4.13 Å². The van der Waals surface area contributed by atoms with Gasteiger partial charge in [-0.05, 0) is 0 Å². The van der Waals surface area contributed by atoms with E-state index in [-0.39, 0.29) is 0 Å². The molecule has 0 aliphatic carbocycles. The Bertz CT molecular complexity index is 284. The highest BCUT2D eigenvalue weighted by Crippen LogP contribution is 1.92. The van der Waals surface area contributed by atoms with E-state index in [1.807, 2.05) is 0 Å². The molecular formula is H2ClNO6S2. The first-order valence-corrected chi connectivity index (χ1v) is 4.74. The Morgan fingerprint density at radius 1 is 1.30 bits per heavy atom. The average Bonchev–Trinajstić information content (AvgIpc) is 1.60. The van der Waals surface area contributed by atoms with Gasteiger partial charge < -0.3 is 0 Å². The minimum Gasteiger partial charge on any atom is -0.273 e. The minimum absolute atomic E-state index is 0.691. The molecule has 0 saturated carbocycles. The molecule has 0 aromatic carbocycles. The summed E-state index contributed by atoms with van der Waals surface area (Å²) in [5.41, 5.74) is 0. The second-order valence-corrected chi connectivity index (χ2v) is 4.10. The number of hydrogen-bond donors (Lipinski definition) is 2. The van der Waals surface area contributed by atoms with Crippen LogP contribution in [0.15, 0.2) is 0 Å². The van der Waals surface area contributed by atoms with Gasteiger partial charge in [0.05, 0.1) is 11.9 Å². The van der Waals surface area contributed by atoms with E-state index in [2.05, 4.69) is 15.6 Å². The first-order chi connectivity index (χ1) is 4.27. The number of rotatable bonds is 3. The van der Waals surface area contributed by atoms with E-state index in [4.69, 9.17) is 4.55 Å². The molecule has 10 heavy (non-hydrogen) atoms. The molecule has 0 radical (unpaired) electrons. The largest absolute Gasteiger partial charge is 0.367 e. The van der Waals surface area contributed by atoms with Gasteiger partial charge >= 0.3 is 20.6 Å². The fraction of sp³-hybridized carbons (Fsp3) is 0. The van der Waals surface area contributed by atoms with Gasteiger partial charge in [-0.3, -0.25) is 4.55 Å². The summed E-state index contributed by atoms with van der Waals surface area (Å²) in [5, 5.41) is 0. The van der Waals surface area contributed by atoms with Crippen molar-refractivity contribution < 1.29 is 25.1 Å². The van der Waals surface area contributed by atoms with Gasteiger partial charge in [-0.15, -0.1) is 3.74 Å². The van der Waals surface area contributed by atoms with E-state index >= 15 is 0 Å². The summed E-state index contributed by atoms with van der Waals surface area (Å²) in [4.78, 5) is 0. The van der Waals surface area contributed by atoms with Crippen LogP contribution in [0.1, 0.15) is 0 Å². The number of nitrogens with one attached hydrogen (secondary N) is 1. The molecule has 0 atom stereocenters. The molecule has 0 aromatic heterocycles. The van der Waals surface area contributed by atoms with Crippen molar-refractivity contribution in [2.24, 2.45) is 0 Å². The maximum absolute atomic E-state index is 10.0. The van der Waals surface area contributed by atoms with Crippen LogP contribution in [0.4, 0.5) is 0 Å². The summed E-state index contributed by atoms with van der Waals surface area (Å²) < 4.78 is 51.1. The molecule has 2 N–H and O–H groups in total. The Hall–Kier alpha value is 0.0700. The Morgan fingerprint density at radius 3 is 1.80 bits per heavy atom. The molecule has 62 valence electrons. The Kier molecular flexibility index (Phi) is 3.00. The smallest absolute Gasteiger partial charge is 0.273 e. The predicted octanol–water partition coefficient (Wildman–Crippen LogP) is -1.21. The van der Waals surface area contributed by atoms with Crippen LogP contribution in [-0.4, -0.2) is 21.4 Å². The van der Waals surface area contributed by atoms with Gasteiger partial charge in [0.25, 0.3) is 0 Å². The maximum atomic E-state index is 10.0. The van der Waals surface area contributed by atoms with E-state index in [1.54, 1.807) is 0 Å². The van der Waals surface area contributed by atoms with Gasteiger partial charge in [0.1, 0.15) is 0 Å². The summed E-state index contributed by atoms with van der Waals surface area (Å²) >= 11 is 4.27. The van der Waals surface area contributed by atoms with Crippen LogP contribution in [0.2, 0.25) is 0 Å². The first kappa shape index (κ1) is 10.1. The van der Waals surface area contributed by atoms with E-state index in [1.165, 1.54) is 0 Å². The molecular weight excluding hydrogens is 210 g/mol. The van der Waals surface area contributed by atoms with E-state index < -0.39 is 20.6 Å². The van der Waals surface area contributed by atoms with Crippen molar-refractivity contribution >= 4 is 32.5 Å². The second kappa shape index (κ2) is 2.98. The number of halogens is 1. The Balaban J connectivity index is 4.49. The Labute approximate surface area is 62.2 Å². The zero-order valence-electron chi connectivity index (χ0n) is 4.18. The highest BCUT2D eigenvalue weighted by Gasteiger charge is 2.17. The van der Waals surface area contributed by atoms with Gasteiger partial charge in [0, 0.05) is 0 Å². The van der Waals surface area contributed by atoms with Crippen molar-refractivity contribution in [1.82, 2.24) is 4.13 Å². The first-order valence-electron chi connectivity index (χ1n) is 1.58. The van der Waals surface area contributed by atoms with Gasteiger partial charge in [0.2, 0.25) is 0 Å². The third kappa shape index (κ3) is 4.90. The monoisotopic (exact) mass is 211 g/mol. The normalized spacial score (nSPS) is 13.4. The lowest BCUT2D eigenvalue weighted by Gasteiger charge is -1.95. The van der Waals surface area contributed by atoms with Crippen molar-refractivity contribution in [3.05, 3.63) is 0 Å². The molecule has 0 aromatic rings. The third-order valence-electron chi connectivity index (χ3n) is 0.290. The molecule has 7 nitrogen and oxygen atoms in total. The van der Waals surface area contributed by atoms with Crippen LogP contribution < -0.4 is 4.13 Å². The molecule has 0 fully saturated rings. The zero-order valence-corrected chi connectivity index (χ0v) is 6.57. The van der Waals surface area contributed by atoms with E-state index in [0.29, 0.717) is 4.13 Å². The van der Waals surface area contributed by atoms with Crippen LogP contribution >= 0.6 is 11.9 Å². The molecule has 0 rings (SSSR count). The lowest BCUT2D eigenvalue weighted by molar-refractivity contribution is 0.466. The lowest BCUT2D eigenvalue weighted by Crippen LogP contribution is -2.29. The van der Waals surface area contributed by atoms with Gasteiger partial charge in [-0.2, -0.15) is 16.8 Å². The number of hydrogen-bond acceptors (Lipinski definition) is 5. The second-order valence-electron chi connectivity index (χ2n) is 1.08. The summed E-state index contributed by atoms with van der Waals surface area (Å²) in [6.45, 7) is 0. The molecule has 0 unspecified atom stereocenters. The third-order valence-corrected chi connectivity index (χ3v) is 2.61. The SMILES string of the molecule is O=S(=O)(O)NS(=O)(=O)OCl. The molecule has 0 aliphatic heterocycles. The van der Waals surface area contributed by atoms with Crippen LogP contribution in [-0.2, 0) is 24.3 Å². The summed E-state index contributed by atoms with van der Waals surface area (Å²) in [6, 6.07) is 0.